The van der Waals surface area contributed by atoms with Crippen molar-refractivity contribution in [1.29, 1.82) is 0 Å². The number of rotatable bonds is 7. The summed E-state index contributed by atoms with van der Waals surface area (Å²) in [7, 11) is 0. The Morgan fingerprint density at radius 2 is 1.87 bits per heavy atom. The van der Waals surface area contributed by atoms with Crippen LogP contribution in [0.3, 0.4) is 0 Å². The number of carbonyl (C=O) groups excluding carboxylic acids is 1. The molecule has 31 heavy (non-hydrogen) atoms. The second kappa shape index (κ2) is 9.71. The first-order valence-corrected chi connectivity index (χ1v) is 10.9. The molecule has 4 N–H and O–H groups in total. The molecule has 0 saturated carbocycles. The summed E-state index contributed by atoms with van der Waals surface area (Å²) in [4.78, 5) is 22.8. The zero-order valence-electron chi connectivity index (χ0n) is 17.7. The van der Waals surface area contributed by atoms with Gasteiger partial charge >= 0.3 is 0 Å². The number of nitrogens with zero attached hydrogens (tertiary/aromatic N) is 3. The van der Waals surface area contributed by atoms with Crippen LogP contribution in [-0.4, -0.2) is 40.4 Å². The molecule has 4 rings (SSSR count). The summed E-state index contributed by atoms with van der Waals surface area (Å²) in [6.07, 6.45) is 6.26. The van der Waals surface area contributed by atoms with Crippen molar-refractivity contribution < 1.29 is 4.79 Å². The third kappa shape index (κ3) is 5.27. The van der Waals surface area contributed by atoms with Gasteiger partial charge in [0.25, 0.3) is 0 Å². The Hall–Kier alpha value is -3.25. The number of piperidine rings is 1. The van der Waals surface area contributed by atoms with Gasteiger partial charge in [-0.25, -0.2) is 9.97 Å². The van der Waals surface area contributed by atoms with E-state index in [1.807, 2.05) is 12.1 Å². The first kappa shape index (κ1) is 21.0. The van der Waals surface area contributed by atoms with Gasteiger partial charge in [-0.3, -0.25) is 4.79 Å². The number of anilines is 1. The number of aryl methyl sites for hydroxylation is 1. The molecule has 0 radical (unpaired) electrons. The number of primary amides is 1. The highest BCUT2D eigenvalue weighted by molar-refractivity contribution is 5.93. The Balaban J connectivity index is 1.47. The van der Waals surface area contributed by atoms with Crippen LogP contribution in [-0.2, 0) is 6.42 Å². The zero-order valence-corrected chi connectivity index (χ0v) is 17.7. The molecule has 1 fully saturated rings. The van der Waals surface area contributed by atoms with E-state index in [2.05, 4.69) is 45.2 Å². The number of hydrogen-bond acceptors (Lipinski definition) is 5. The quantitative estimate of drug-likeness (QED) is 0.614. The Bertz CT molecular complexity index is 1020. The van der Waals surface area contributed by atoms with E-state index in [4.69, 9.17) is 11.5 Å². The number of aromatic nitrogens is 2. The van der Waals surface area contributed by atoms with E-state index in [0.717, 1.165) is 62.1 Å². The lowest BCUT2D eigenvalue weighted by Gasteiger charge is -2.33. The fourth-order valence-electron chi connectivity index (χ4n) is 4.39. The third-order valence-corrected chi connectivity index (χ3v) is 5.99. The van der Waals surface area contributed by atoms with E-state index in [1.54, 1.807) is 18.3 Å². The minimum absolute atomic E-state index is 0.300. The highest BCUT2D eigenvalue weighted by Gasteiger charge is 2.25. The molecule has 1 aliphatic heterocycles. The summed E-state index contributed by atoms with van der Waals surface area (Å²) in [5, 5.41) is 0. The Labute approximate surface area is 183 Å². The van der Waals surface area contributed by atoms with Crippen LogP contribution in [0, 0.1) is 0 Å². The molecule has 3 aromatic rings. The van der Waals surface area contributed by atoms with Gasteiger partial charge in [0, 0.05) is 29.8 Å². The van der Waals surface area contributed by atoms with Gasteiger partial charge < -0.3 is 16.4 Å². The molecular formula is C25H29N5O. The number of nitrogen functional groups attached to an aromatic ring is 1. The predicted molar refractivity (Wildman–Crippen MR) is 124 cm³/mol. The second-order valence-corrected chi connectivity index (χ2v) is 8.20. The van der Waals surface area contributed by atoms with Crippen molar-refractivity contribution in [3.63, 3.8) is 0 Å². The van der Waals surface area contributed by atoms with E-state index >= 15 is 0 Å². The van der Waals surface area contributed by atoms with Crippen LogP contribution in [0.2, 0.25) is 0 Å². The van der Waals surface area contributed by atoms with Crippen LogP contribution >= 0.6 is 0 Å². The maximum Gasteiger partial charge on any atom is 0.248 e. The third-order valence-electron chi connectivity index (χ3n) is 5.99. The summed E-state index contributed by atoms with van der Waals surface area (Å²) < 4.78 is 0. The standard InChI is InChI=1S/C25H29N5O/c26-24(31)20-12-10-19(11-13-20)22-16-28-25(27)29-23(22)21-9-5-15-30(17-21)14-4-8-18-6-2-1-3-7-18/h1-3,6-7,10-13,16,21H,4-5,8-9,14-15,17H2,(H2,26,31)(H2,27,28,29)/t21-/m0/s1. The molecule has 1 atom stereocenters. The minimum Gasteiger partial charge on any atom is -0.368 e. The fourth-order valence-corrected chi connectivity index (χ4v) is 4.39. The first-order valence-electron chi connectivity index (χ1n) is 10.9. The number of hydrogen-bond donors (Lipinski definition) is 2. The Morgan fingerprint density at radius 1 is 1.10 bits per heavy atom. The van der Waals surface area contributed by atoms with Gasteiger partial charge in [0.05, 0.1) is 5.69 Å². The summed E-state index contributed by atoms with van der Waals surface area (Å²) in [5.74, 6) is 0.175. The number of benzene rings is 2. The largest absolute Gasteiger partial charge is 0.368 e. The van der Waals surface area contributed by atoms with E-state index in [0.29, 0.717) is 17.4 Å². The first-order chi connectivity index (χ1) is 15.1. The Kier molecular flexibility index (Phi) is 6.57. The summed E-state index contributed by atoms with van der Waals surface area (Å²) in [5.41, 5.74) is 16.2. The van der Waals surface area contributed by atoms with E-state index in [9.17, 15) is 4.79 Å². The van der Waals surface area contributed by atoms with Crippen molar-refractivity contribution in [2.24, 2.45) is 5.73 Å². The minimum atomic E-state index is -0.432. The van der Waals surface area contributed by atoms with Crippen LogP contribution < -0.4 is 11.5 Å². The molecule has 1 saturated heterocycles. The molecule has 160 valence electrons. The molecule has 0 unspecified atom stereocenters. The molecule has 6 heteroatoms. The van der Waals surface area contributed by atoms with E-state index in [-0.39, 0.29) is 0 Å². The van der Waals surface area contributed by atoms with Crippen LogP contribution in [0.25, 0.3) is 11.1 Å². The van der Waals surface area contributed by atoms with Gasteiger partial charge in [0.15, 0.2) is 0 Å². The van der Waals surface area contributed by atoms with Gasteiger partial charge in [0.2, 0.25) is 11.9 Å². The summed E-state index contributed by atoms with van der Waals surface area (Å²) in [6.45, 7) is 3.17. The smallest absolute Gasteiger partial charge is 0.248 e. The van der Waals surface area contributed by atoms with Crippen molar-refractivity contribution in [2.45, 2.75) is 31.6 Å². The lowest BCUT2D eigenvalue weighted by Crippen LogP contribution is -2.35. The molecular weight excluding hydrogens is 386 g/mol. The second-order valence-electron chi connectivity index (χ2n) is 8.20. The molecule has 6 nitrogen and oxygen atoms in total. The van der Waals surface area contributed by atoms with Crippen molar-refractivity contribution in [2.75, 3.05) is 25.4 Å². The van der Waals surface area contributed by atoms with E-state index < -0.39 is 5.91 Å². The van der Waals surface area contributed by atoms with Gasteiger partial charge in [-0.05, 0) is 62.0 Å². The molecule has 0 bridgehead atoms. The van der Waals surface area contributed by atoms with Gasteiger partial charge in [-0.1, -0.05) is 42.5 Å². The SMILES string of the molecule is NC(=O)c1ccc(-c2cnc(N)nc2[C@H]2CCCN(CCCc3ccccc3)C2)cc1. The zero-order chi connectivity index (χ0) is 21.6. The average molecular weight is 416 g/mol. The summed E-state index contributed by atoms with van der Waals surface area (Å²) in [6, 6.07) is 17.9. The summed E-state index contributed by atoms with van der Waals surface area (Å²) >= 11 is 0. The van der Waals surface area contributed by atoms with Crippen LogP contribution in [0.5, 0.6) is 0 Å². The van der Waals surface area contributed by atoms with Crippen LogP contribution in [0.1, 0.15) is 46.8 Å². The molecule has 2 heterocycles. The van der Waals surface area contributed by atoms with Crippen molar-refractivity contribution in [1.82, 2.24) is 14.9 Å². The molecule has 0 spiro atoms. The normalized spacial score (nSPS) is 16.8. The van der Waals surface area contributed by atoms with Gasteiger partial charge in [-0.15, -0.1) is 0 Å². The predicted octanol–water partition coefficient (Wildman–Crippen LogP) is 3.64. The number of likely N-dealkylation sites (tertiary alicyclic amines) is 1. The maximum absolute atomic E-state index is 11.4. The molecule has 1 aromatic heterocycles. The average Bonchev–Trinajstić information content (AvgIpc) is 2.80. The Morgan fingerprint density at radius 3 is 2.61 bits per heavy atom. The van der Waals surface area contributed by atoms with Crippen LogP contribution in [0.4, 0.5) is 5.95 Å². The highest BCUT2D eigenvalue weighted by Crippen LogP contribution is 2.33. The monoisotopic (exact) mass is 415 g/mol. The van der Waals surface area contributed by atoms with Gasteiger partial charge in [0.1, 0.15) is 0 Å². The lowest BCUT2D eigenvalue weighted by atomic mass is 9.89. The van der Waals surface area contributed by atoms with Crippen LogP contribution in [0.15, 0.2) is 60.8 Å². The molecule has 1 amide bonds. The topological polar surface area (TPSA) is 98.1 Å². The fraction of sp³-hybridized carbons (Fsp3) is 0.320. The number of nitrogens with two attached hydrogens (primary N) is 2. The molecule has 1 aliphatic rings. The number of carbonyl (C=O) groups is 1. The number of amides is 1. The highest BCUT2D eigenvalue weighted by atomic mass is 16.1. The van der Waals surface area contributed by atoms with Gasteiger partial charge in [-0.2, -0.15) is 0 Å². The van der Waals surface area contributed by atoms with Crippen molar-refractivity contribution in [3.05, 3.63) is 77.6 Å². The van der Waals surface area contributed by atoms with Crippen molar-refractivity contribution in [3.8, 4) is 11.1 Å². The molecule has 2 aromatic carbocycles. The van der Waals surface area contributed by atoms with E-state index in [1.165, 1.54) is 5.56 Å². The lowest BCUT2D eigenvalue weighted by molar-refractivity contribution is 0.100. The maximum atomic E-state index is 11.4. The molecule has 0 aliphatic carbocycles. The van der Waals surface area contributed by atoms with Crippen molar-refractivity contribution >= 4 is 11.9 Å².